The number of furan rings is 1. The zero-order valence-electron chi connectivity index (χ0n) is 10.3. The second-order valence-corrected chi connectivity index (χ2v) is 5.29. The number of carbonyl (C=O) groups is 1. The minimum Gasteiger partial charge on any atom is -0.497 e. The lowest BCUT2D eigenvalue weighted by atomic mass is 10.3. The molecule has 2 aromatic heterocycles. The van der Waals surface area contributed by atoms with Crippen LogP contribution in [0.15, 0.2) is 34.9 Å². The number of nitrogens with zero attached hydrogens (tertiary/aromatic N) is 1. The van der Waals surface area contributed by atoms with Crippen molar-refractivity contribution < 1.29 is 13.9 Å². The van der Waals surface area contributed by atoms with Gasteiger partial charge < -0.3 is 9.15 Å². The van der Waals surface area contributed by atoms with Crippen LogP contribution in [0, 0.1) is 0 Å². The van der Waals surface area contributed by atoms with Gasteiger partial charge in [0.25, 0.3) is 5.91 Å². The van der Waals surface area contributed by atoms with Crippen molar-refractivity contribution in [3.05, 3.63) is 41.3 Å². The minimum atomic E-state index is -0.352. The molecule has 0 unspecified atom stereocenters. The third-order valence-electron chi connectivity index (χ3n) is 2.68. The van der Waals surface area contributed by atoms with E-state index >= 15 is 0 Å². The smallest absolute Gasteiger partial charge is 0.262 e. The molecule has 2 heterocycles. The molecule has 5 nitrogen and oxygen atoms in total. The second-order valence-electron chi connectivity index (χ2n) is 3.91. The zero-order chi connectivity index (χ0) is 14.1. The normalized spacial score (nSPS) is 10.7. The van der Waals surface area contributed by atoms with Crippen molar-refractivity contribution in [1.82, 2.24) is 4.98 Å². The van der Waals surface area contributed by atoms with Gasteiger partial charge in [-0.2, -0.15) is 0 Å². The molecule has 0 radical (unpaired) electrons. The first-order chi connectivity index (χ1) is 9.67. The van der Waals surface area contributed by atoms with E-state index in [1.54, 1.807) is 7.11 Å². The molecule has 20 heavy (non-hydrogen) atoms. The van der Waals surface area contributed by atoms with E-state index in [4.69, 9.17) is 20.8 Å². The van der Waals surface area contributed by atoms with Crippen LogP contribution in [-0.4, -0.2) is 18.0 Å². The Hall–Kier alpha value is -2.05. The molecular formula is C13H9ClN2O3S. The summed E-state index contributed by atoms with van der Waals surface area (Å²) in [5, 5.41) is 3.25. The molecule has 7 heteroatoms. The van der Waals surface area contributed by atoms with E-state index < -0.39 is 0 Å². The van der Waals surface area contributed by atoms with Gasteiger partial charge in [-0.3, -0.25) is 10.1 Å². The predicted molar refractivity (Wildman–Crippen MR) is 77.8 cm³/mol. The van der Waals surface area contributed by atoms with Crippen molar-refractivity contribution in [3.63, 3.8) is 0 Å². The summed E-state index contributed by atoms with van der Waals surface area (Å²) >= 11 is 7.12. The van der Waals surface area contributed by atoms with Gasteiger partial charge in [0.15, 0.2) is 5.13 Å². The number of thiazole rings is 1. The fourth-order valence-electron chi connectivity index (χ4n) is 1.71. The minimum absolute atomic E-state index is 0.0604. The van der Waals surface area contributed by atoms with Crippen LogP contribution in [0.25, 0.3) is 10.2 Å². The molecule has 3 aromatic rings. The number of hydrogen-bond acceptors (Lipinski definition) is 5. The molecule has 0 saturated heterocycles. The van der Waals surface area contributed by atoms with Crippen LogP contribution < -0.4 is 10.1 Å². The highest BCUT2D eigenvalue weighted by Crippen LogP contribution is 2.29. The summed E-state index contributed by atoms with van der Waals surface area (Å²) in [5.41, 5.74) is 1.08. The monoisotopic (exact) mass is 308 g/mol. The predicted octanol–water partition coefficient (Wildman–Crippen LogP) is 3.80. The highest BCUT2D eigenvalue weighted by Gasteiger charge is 2.15. The maximum absolute atomic E-state index is 12.0. The summed E-state index contributed by atoms with van der Waals surface area (Å²) < 4.78 is 11.0. The van der Waals surface area contributed by atoms with E-state index in [1.807, 2.05) is 18.2 Å². The van der Waals surface area contributed by atoms with Crippen LogP contribution in [0.4, 0.5) is 5.13 Å². The van der Waals surface area contributed by atoms with E-state index in [2.05, 4.69) is 10.3 Å². The molecule has 0 aliphatic rings. The van der Waals surface area contributed by atoms with Crippen molar-refractivity contribution in [2.24, 2.45) is 0 Å². The molecule has 0 saturated carbocycles. The maximum atomic E-state index is 12.0. The average Bonchev–Trinajstić information content (AvgIpc) is 3.03. The van der Waals surface area contributed by atoms with Gasteiger partial charge in [0.1, 0.15) is 5.75 Å². The number of benzene rings is 1. The van der Waals surface area contributed by atoms with Crippen molar-refractivity contribution >= 4 is 44.2 Å². The van der Waals surface area contributed by atoms with E-state index in [-0.39, 0.29) is 16.7 Å². The summed E-state index contributed by atoms with van der Waals surface area (Å²) in [5.74, 6) is 0.395. The molecule has 0 fully saturated rings. The van der Waals surface area contributed by atoms with Crippen LogP contribution in [-0.2, 0) is 0 Å². The molecule has 0 atom stereocenters. The van der Waals surface area contributed by atoms with Crippen LogP contribution >= 0.6 is 22.9 Å². The number of aromatic nitrogens is 1. The van der Waals surface area contributed by atoms with Gasteiger partial charge in [-0.1, -0.05) is 11.3 Å². The Bertz CT molecular complexity index is 781. The molecule has 1 aromatic carbocycles. The third kappa shape index (κ3) is 2.35. The number of amides is 1. The zero-order valence-corrected chi connectivity index (χ0v) is 11.9. The SMILES string of the molecule is COc1ccc2nc(NC(=O)c3ccoc3Cl)sc2c1. The summed E-state index contributed by atoms with van der Waals surface area (Å²) in [6.45, 7) is 0. The Morgan fingerprint density at radius 3 is 3.00 bits per heavy atom. The topological polar surface area (TPSA) is 64.4 Å². The quantitative estimate of drug-likeness (QED) is 0.799. The van der Waals surface area contributed by atoms with Gasteiger partial charge in [0.2, 0.25) is 5.22 Å². The maximum Gasteiger partial charge on any atom is 0.262 e. The number of halogens is 1. The van der Waals surface area contributed by atoms with Crippen LogP contribution in [0.5, 0.6) is 5.75 Å². The van der Waals surface area contributed by atoms with E-state index in [0.29, 0.717) is 5.13 Å². The van der Waals surface area contributed by atoms with Crippen LogP contribution in [0.2, 0.25) is 5.22 Å². The molecule has 0 aliphatic heterocycles. The number of fused-ring (bicyclic) bond motifs is 1. The van der Waals surface area contributed by atoms with Crippen molar-refractivity contribution in [3.8, 4) is 5.75 Å². The lowest BCUT2D eigenvalue weighted by molar-refractivity contribution is 0.102. The standard InChI is InChI=1S/C13H9ClN2O3S/c1-18-7-2-3-9-10(6-7)20-13(15-9)16-12(17)8-4-5-19-11(8)14/h2-6H,1H3,(H,15,16,17). The lowest BCUT2D eigenvalue weighted by Crippen LogP contribution is -2.10. The molecule has 1 amide bonds. The largest absolute Gasteiger partial charge is 0.497 e. The van der Waals surface area contributed by atoms with E-state index in [9.17, 15) is 4.79 Å². The van der Waals surface area contributed by atoms with Gasteiger partial charge >= 0.3 is 0 Å². The Balaban J connectivity index is 1.88. The lowest BCUT2D eigenvalue weighted by Gasteiger charge is -1.97. The van der Waals surface area contributed by atoms with Crippen LogP contribution in [0.1, 0.15) is 10.4 Å². The molecule has 0 aliphatic carbocycles. The number of hydrogen-bond donors (Lipinski definition) is 1. The Kier molecular flexibility index (Phi) is 3.33. The van der Waals surface area contributed by atoms with Gasteiger partial charge in [0.05, 0.1) is 29.2 Å². The number of ether oxygens (including phenoxy) is 1. The van der Waals surface area contributed by atoms with Gasteiger partial charge in [0, 0.05) is 0 Å². The first-order valence-corrected chi connectivity index (χ1v) is 6.86. The van der Waals surface area contributed by atoms with Gasteiger partial charge in [-0.15, -0.1) is 0 Å². The number of methoxy groups -OCH3 is 1. The van der Waals surface area contributed by atoms with Crippen molar-refractivity contribution in [1.29, 1.82) is 0 Å². The molecular weight excluding hydrogens is 300 g/mol. The highest BCUT2D eigenvalue weighted by molar-refractivity contribution is 7.22. The summed E-state index contributed by atoms with van der Waals surface area (Å²) in [4.78, 5) is 16.3. The summed E-state index contributed by atoms with van der Waals surface area (Å²) in [7, 11) is 1.60. The number of carbonyl (C=O) groups excluding carboxylic acids is 1. The summed E-state index contributed by atoms with van der Waals surface area (Å²) in [6.07, 6.45) is 1.36. The Labute approximate surface area is 123 Å². The van der Waals surface area contributed by atoms with Gasteiger partial charge in [-0.25, -0.2) is 4.98 Å². The fraction of sp³-hybridized carbons (Fsp3) is 0.0769. The molecule has 0 spiro atoms. The molecule has 3 rings (SSSR count). The highest BCUT2D eigenvalue weighted by atomic mass is 35.5. The number of nitrogens with one attached hydrogen (secondary N) is 1. The van der Waals surface area contributed by atoms with E-state index in [1.165, 1.54) is 23.7 Å². The first-order valence-electron chi connectivity index (χ1n) is 5.66. The first kappa shape index (κ1) is 13.0. The van der Waals surface area contributed by atoms with Crippen LogP contribution in [0.3, 0.4) is 0 Å². The molecule has 1 N–H and O–H groups in total. The summed E-state index contributed by atoms with van der Waals surface area (Å²) in [6, 6.07) is 7.03. The molecule has 0 bridgehead atoms. The number of anilines is 1. The fourth-order valence-corrected chi connectivity index (χ4v) is 2.80. The molecule has 102 valence electrons. The second kappa shape index (κ2) is 5.15. The Morgan fingerprint density at radius 1 is 1.45 bits per heavy atom. The van der Waals surface area contributed by atoms with Gasteiger partial charge in [-0.05, 0) is 35.9 Å². The Morgan fingerprint density at radius 2 is 2.30 bits per heavy atom. The third-order valence-corrected chi connectivity index (χ3v) is 3.90. The number of rotatable bonds is 3. The van der Waals surface area contributed by atoms with E-state index in [0.717, 1.165) is 16.0 Å². The average molecular weight is 309 g/mol. The van der Waals surface area contributed by atoms with Crippen molar-refractivity contribution in [2.75, 3.05) is 12.4 Å². The van der Waals surface area contributed by atoms with Crippen molar-refractivity contribution in [2.45, 2.75) is 0 Å².